The molecule has 0 aliphatic rings. The Morgan fingerprint density at radius 3 is 2.33 bits per heavy atom. The van der Waals surface area contributed by atoms with Crippen molar-refractivity contribution in [1.29, 1.82) is 0 Å². The molecule has 2 rings (SSSR count). The summed E-state index contributed by atoms with van der Waals surface area (Å²) >= 11 is 0. The van der Waals surface area contributed by atoms with E-state index >= 15 is 0 Å². The highest BCUT2D eigenvalue weighted by Gasteiger charge is 2.25. The Morgan fingerprint density at radius 2 is 1.67 bits per heavy atom. The second kappa shape index (κ2) is 5.23. The molecule has 0 bridgehead atoms. The minimum atomic E-state index is -1.01. The minimum Gasteiger partial charge on any atom is -0.494 e. The van der Waals surface area contributed by atoms with E-state index in [-0.39, 0.29) is 0 Å². The molecule has 2 aromatic carbocycles. The lowest BCUT2D eigenvalue weighted by Crippen LogP contribution is -2.22. The SMILES string of the molecule is CCOc1cccc(C(C)(O)c2ccccc2)c1. The molecule has 2 nitrogen and oxygen atoms in total. The highest BCUT2D eigenvalue weighted by atomic mass is 16.5. The summed E-state index contributed by atoms with van der Waals surface area (Å²) in [6, 6.07) is 17.2. The number of rotatable bonds is 4. The smallest absolute Gasteiger partial charge is 0.119 e. The standard InChI is InChI=1S/C16H18O2/c1-3-18-15-11-7-10-14(12-15)16(2,17)13-8-5-4-6-9-13/h4-12,17H,3H2,1-2H3. The Kier molecular flexibility index (Phi) is 3.68. The number of ether oxygens (including phenoxy) is 1. The van der Waals surface area contributed by atoms with Crippen LogP contribution in [-0.4, -0.2) is 11.7 Å². The van der Waals surface area contributed by atoms with E-state index in [1.165, 1.54) is 0 Å². The van der Waals surface area contributed by atoms with Crippen molar-refractivity contribution in [2.24, 2.45) is 0 Å². The maximum atomic E-state index is 10.7. The highest BCUT2D eigenvalue weighted by molar-refractivity contribution is 5.39. The lowest BCUT2D eigenvalue weighted by molar-refractivity contribution is 0.102. The third-order valence-corrected chi connectivity index (χ3v) is 3.04. The van der Waals surface area contributed by atoms with Gasteiger partial charge in [0, 0.05) is 0 Å². The van der Waals surface area contributed by atoms with Gasteiger partial charge in [0.1, 0.15) is 11.4 Å². The number of hydrogen-bond donors (Lipinski definition) is 1. The van der Waals surface area contributed by atoms with Crippen LogP contribution >= 0.6 is 0 Å². The third-order valence-electron chi connectivity index (χ3n) is 3.04. The Morgan fingerprint density at radius 1 is 1.00 bits per heavy atom. The van der Waals surface area contributed by atoms with Crippen LogP contribution in [0.1, 0.15) is 25.0 Å². The quantitative estimate of drug-likeness (QED) is 0.891. The maximum absolute atomic E-state index is 10.7. The van der Waals surface area contributed by atoms with Gasteiger partial charge in [-0.25, -0.2) is 0 Å². The molecule has 0 spiro atoms. The van der Waals surface area contributed by atoms with Gasteiger partial charge < -0.3 is 9.84 Å². The Hall–Kier alpha value is -1.80. The van der Waals surface area contributed by atoms with Crippen molar-refractivity contribution in [2.75, 3.05) is 6.61 Å². The highest BCUT2D eigenvalue weighted by Crippen LogP contribution is 2.30. The molecule has 1 unspecified atom stereocenters. The summed E-state index contributed by atoms with van der Waals surface area (Å²) in [5.41, 5.74) is 0.701. The number of hydrogen-bond acceptors (Lipinski definition) is 2. The second-order valence-electron chi connectivity index (χ2n) is 4.40. The van der Waals surface area contributed by atoms with E-state index in [0.29, 0.717) is 6.61 Å². The van der Waals surface area contributed by atoms with E-state index in [1.54, 1.807) is 6.92 Å². The first-order valence-corrected chi connectivity index (χ1v) is 6.16. The predicted molar refractivity (Wildman–Crippen MR) is 72.7 cm³/mol. The normalized spacial score (nSPS) is 13.9. The summed E-state index contributed by atoms with van der Waals surface area (Å²) < 4.78 is 5.47. The molecular formula is C16H18O2. The monoisotopic (exact) mass is 242 g/mol. The lowest BCUT2D eigenvalue weighted by atomic mass is 9.88. The molecule has 0 saturated carbocycles. The molecule has 0 aliphatic carbocycles. The van der Waals surface area contributed by atoms with E-state index < -0.39 is 5.60 Å². The van der Waals surface area contributed by atoms with Gasteiger partial charge in [0.15, 0.2) is 0 Å². The summed E-state index contributed by atoms with van der Waals surface area (Å²) in [5.74, 6) is 0.784. The summed E-state index contributed by atoms with van der Waals surface area (Å²) in [5, 5.41) is 10.7. The Balaban J connectivity index is 2.38. The topological polar surface area (TPSA) is 29.5 Å². The van der Waals surface area contributed by atoms with E-state index in [1.807, 2.05) is 61.5 Å². The molecule has 0 radical (unpaired) electrons. The zero-order valence-corrected chi connectivity index (χ0v) is 10.8. The van der Waals surface area contributed by atoms with Crippen LogP contribution in [0.15, 0.2) is 54.6 Å². The first-order chi connectivity index (χ1) is 8.64. The molecule has 94 valence electrons. The first-order valence-electron chi connectivity index (χ1n) is 6.16. The van der Waals surface area contributed by atoms with E-state index in [2.05, 4.69) is 0 Å². The van der Waals surface area contributed by atoms with Gasteiger partial charge in [-0.1, -0.05) is 42.5 Å². The maximum Gasteiger partial charge on any atom is 0.119 e. The molecule has 0 aliphatic heterocycles. The fourth-order valence-electron chi connectivity index (χ4n) is 1.98. The minimum absolute atomic E-state index is 0.622. The summed E-state index contributed by atoms with van der Waals surface area (Å²) in [6.07, 6.45) is 0. The van der Waals surface area contributed by atoms with Crippen molar-refractivity contribution in [3.05, 3.63) is 65.7 Å². The predicted octanol–water partition coefficient (Wildman–Crippen LogP) is 3.34. The van der Waals surface area contributed by atoms with Crippen molar-refractivity contribution >= 4 is 0 Å². The third kappa shape index (κ3) is 2.54. The van der Waals surface area contributed by atoms with Gasteiger partial charge in [-0.2, -0.15) is 0 Å². The molecular weight excluding hydrogens is 224 g/mol. The van der Waals surface area contributed by atoms with Crippen molar-refractivity contribution in [2.45, 2.75) is 19.4 Å². The fourth-order valence-corrected chi connectivity index (χ4v) is 1.98. The van der Waals surface area contributed by atoms with Crippen LogP contribution in [0.4, 0.5) is 0 Å². The summed E-state index contributed by atoms with van der Waals surface area (Å²) in [7, 11) is 0. The van der Waals surface area contributed by atoms with Gasteiger partial charge in [0.05, 0.1) is 6.61 Å². The van der Waals surface area contributed by atoms with Gasteiger partial charge in [-0.15, -0.1) is 0 Å². The van der Waals surface area contributed by atoms with Crippen LogP contribution < -0.4 is 4.74 Å². The van der Waals surface area contributed by atoms with Crippen LogP contribution in [0.25, 0.3) is 0 Å². The molecule has 18 heavy (non-hydrogen) atoms. The van der Waals surface area contributed by atoms with Crippen LogP contribution in [0, 0.1) is 0 Å². The molecule has 1 N–H and O–H groups in total. The molecule has 0 saturated heterocycles. The van der Waals surface area contributed by atoms with Crippen molar-refractivity contribution in [1.82, 2.24) is 0 Å². The summed E-state index contributed by atoms with van der Waals surface area (Å²) in [6.45, 7) is 4.37. The van der Waals surface area contributed by atoms with Crippen LogP contribution in [-0.2, 0) is 5.60 Å². The zero-order chi connectivity index (χ0) is 13.0. The van der Waals surface area contributed by atoms with Crippen LogP contribution in [0.2, 0.25) is 0 Å². The van der Waals surface area contributed by atoms with E-state index in [4.69, 9.17) is 4.74 Å². The molecule has 1 atom stereocenters. The second-order valence-corrected chi connectivity index (χ2v) is 4.40. The van der Waals surface area contributed by atoms with Crippen molar-refractivity contribution < 1.29 is 9.84 Å². The van der Waals surface area contributed by atoms with Gasteiger partial charge in [0.25, 0.3) is 0 Å². The van der Waals surface area contributed by atoms with Gasteiger partial charge in [0.2, 0.25) is 0 Å². The largest absolute Gasteiger partial charge is 0.494 e. The van der Waals surface area contributed by atoms with E-state index in [9.17, 15) is 5.11 Å². The molecule has 0 amide bonds. The molecule has 0 heterocycles. The van der Waals surface area contributed by atoms with Crippen molar-refractivity contribution in [3.8, 4) is 5.75 Å². The Labute approximate surface area is 108 Å². The fraction of sp³-hybridized carbons (Fsp3) is 0.250. The zero-order valence-electron chi connectivity index (χ0n) is 10.8. The van der Waals surface area contributed by atoms with Gasteiger partial charge in [-0.3, -0.25) is 0 Å². The van der Waals surface area contributed by atoms with Gasteiger partial charge >= 0.3 is 0 Å². The van der Waals surface area contributed by atoms with E-state index in [0.717, 1.165) is 16.9 Å². The molecule has 2 aromatic rings. The van der Waals surface area contributed by atoms with Crippen molar-refractivity contribution in [3.63, 3.8) is 0 Å². The number of benzene rings is 2. The average Bonchev–Trinajstić information content (AvgIpc) is 2.40. The van der Waals surface area contributed by atoms with Gasteiger partial charge in [-0.05, 0) is 37.1 Å². The molecule has 0 aromatic heterocycles. The number of aliphatic hydroxyl groups is 1. The molecule has 2 heteroatoms. The molecule has 0 fully saturated rings. The Bertz CT molecular complexity index is 504. The van der Waals surface area contributed by atoms with Crippen LogP contribution in [0.3, 0.4) is 0 Å². The lowest BCUT2D eigenvalue weighted by Gasteiger charge is -2.25. The summed E-state index contributed by atoms with van der Waals surface area (Å²) in [4.78, 5) is 0. The van der Waals surface area contributed by atoms with Crippen LogP contribution in [0.5, 0.6) is 5.75 Å². The average molecular weight is 242 g/mol. The first kappa shape index (κ1) is 12.7.